The van der Waals surface area contributed by atoms with E-state index < -0.39 is 10.8 Å². The molecule has 0 heterocycles. The molecule has 0 aliphatic rings. The standard InChI is InChI=1S/C10H14O3S/c1-12-9-13-7-8-14(11)10-5-3-2-4-6-10/h2-6H,7-9H2,1H3/t14-/m1/s1. The van der Waals surface area contributed by atoms with E-state index in [1.807, 2.05) is 30.3 Å². The van der Waals surface area contributed by atoms with E-state index in [1.54, 1.807) is 7.11 Å². The quantitative estimate of drug-likeness (QED) is 0.530. The maximum Gasteiger partial charge on any atom is 0.146 e. The zero-order valence-electron chi connectivity index (χ0n) is 8.14. The van der Waals surface area contributed by atoms with Crippen LogP contribution in [0.3, 0.4) is 0 Å². The Labute approximate surface area is 86.5 Å². The number of hydrogen-bond acceptors (Lipinski definition) is 3. The van der Waals surface area contributed by atoms with Gasteiger partial charge in [-0.1, -0.05) is 18.2 Å². The SMILES string of the molecule is COCOCC[S@@](=O)c1ccccc1. The van der Waals surface area contributed by atoms with Gasteiger partial charge in [-0.3, -0.25) is 4.21 Å². The maximum atomic E-state index is 11.6. The molecular formula is C10H14O3S. The van der Waals surface area contributed by atoms with E-state index in [9.17, 15) is 4.21 Å². The van der Waals surface area contributed by atoms with E-state index in [0.717, 1.165) is 4.90 Å². The fourth-order valence-electron chi connectivity index (χ4n) is 0.967. The van der Waals surface area contributed by atoms with Crippen molar-refractivity contribution in [3.8, 4) is 0 Å². The summed E-state index contributed by atoms with van der Waals surface area (Å²) in [5.41, 5.74) is 0. The third-order valence-electron chi connectivity index (χ3n) is 1.62. The summed E-state index contributed by atoms with van der Waals surface area (Å²) in [7, 11) is 0.596. The van der Waals surface area contributed by atoms with Crippen molar-refractivity contribution in [2.24, 2.45) is 0 Å². The molecule has 0 aliphatic heterocycles. The van der Waals surface area contributed by atoms with Crippen LogP contribution >= 0.6 is 0 Å². The van der Waals surface area contributed by atoms with Crippen LogP contribution in [-0.2, 0) is 20.3 Å². The molecule has 0 fully saturated rings. The van der Waals surface area contributed by atoms with Gasteiger partial charge in [0.05, 0.1) is 23.2 Å². The molecule has 0 bridgehead atoms. The molecule has 0 unspecified atom stereocenters. The topological polar surface area (TPSA) is 35.5 Å². The van der Waals surface area contributed by atoms with E-state index in [-0.39, 0.29) is 6.79 Å². The smallest absolute Gasteiger partial charge is 0.146 e. The summed E-state index contributed by atoms with van der Waals surface area (Å²) in [5, 5.41) is 0. The van der Waals surface area contributed by atoms with Crippen LogP contribution in [0.5, 0.6) is 0 Å². The maximum absolute atomic E-state index is 11.6. The molecule has 1 aromatic carbocycles. The third-order valence-corrected chi connectivity index (χ3v) is 2.96. The fraction of sp³-hybridized carbons (Fsp3) is 0.400. The van der Waals surface area contributed by atoms with E-state index in [4.69, 9.17) is 9.47 Å². The minimum absolute atomic E-state index is 0.256. The van der Waals surface area contributed by atoms with Crippen LogP contribution in [0.25, 0.3) is 0 Å². The monoisotopic (exact) mass is 214 g/mol. The molecule has 0 radical (unpaired) electrons. The van der Waals surface area contributed by atoms with Gasteiger partial charge in [-0.15, -0.1) is 0 Å². The highest BCUT2D eigenvalue weighted by atomic mass is 32.2. The highest BCUT2D eigenvalue weighted by molar-refractivity contribution is 7.85. The lowest BCUT2D eigenvalue weighted by molar-refractivity contribution is -0.0240. The van der Waals surface area contributed by atoms with Crippen LogP contribution in [0.4, 0.5) is 0 Å². The molecule has 0 amide bonds. The van der Waals surface area contributed by atoms with Crippen molar-refractivity contribution in [1.82, 2.24) is 0 Å². The lowest BCUT2D eigenvalue weighted by Gasteiger charge is -2.02. The van der Waals surface area contributed by atoms with Crippen LogP contribution in [-0.4, -0.2) is 30.5 Å². The van der Waals surface area contributed by atoms with Gasteiger partial charge < -0.3 is 9.47 Å². The van der Waals surface area contributed by atoms with E-state index in [1.165, 1.54) is 0 Å². The van der Waals surface area contributed by atoms with Gasteiger partial charge in [-0.25, -0.2) is 0 Å². The average molecular weight is 214 g/mol. The predicted octanol–water partition coefficient (Wildman–Crippen LogP) is 1.41. The minimum atomic E-state index is -0.967. The van der Waals surface area contributed by atoms with Gasteiger partial charge >= 0.3 is 0 Å². The molecule has 3 nitrogen and oxygen atoms in total. The first-order valence-electron chi connectivity index (χ1n) is 4.34. The van der Waals surface area contributed by atoms with Gasteiger partial charge in [0, 0.05) is 12.0 Å². The number of ether oxygens (including phenoxy) is 2. The van der Waals surface area contributed by atoms with Crippen molar-refractivity contribution in [3.63, 3.8) is 0 Å². The number of benzene rings is 1. The van der Waals surface area contributed by atoms with E-state index in [0.29, 0.717) is 12.4 Å². The second-order valence-corrected chi connectivity index (χ2v) is 4.25. The van der Waals surface area contributed by atoms with Crippen LogP contribution in [0.1, 0.15) is 0 Å². The summed E-state index contributed by atoms with van der Waals surface area (Å²) < 4.78 is 21.4. The summed E-state index contributed by atoms with van der Waals surface area (Å²) >= 11 is 0. The van der Waals surface area contributed by atoms with Gasteiger partial charge in [0.15, 0.2) is 0 Å². The Morgan fingerprint density at radius 2 is 2.00 bits per heavy atom. The second kappa shape index (κ2) is 6.70. The lowest BCUT2D eigenvalue weighted by atomic mass is 10.4. The number of rotatable bonds is 6. The second-order valence-electron chi connectivity index (χ2n) is 2.68. The van der Waals surface area contributed by atoms with Crippen LogP contribution in [0.15, 0.2) is 35.2 Å². The molecular weight excluding hydrogens is 200 g/mol. The van der Waals surface area contributed by atoms with Crippen molar-refractivity contribution < 1.29 is 13.7 Å². The molecule has 0 spiro atoms. The zero-order chi connectivity index (χ0) is 10.2. The summed E-state index contributed by atoms with van der Waals surface area (Å²) in [4.78, 5) is 0.841. The highest BCUT2D eigenvalue weighted by Crippen LogP contribution is 2.04. The van der Waals surface area contributed by atoms with E-state index >= 15 is 0 Å². The van der Waals surface area contributed by atoms with E-state index in [2.05, 4.69) is 0 Å². The third kappa shape index (κ3) is 4.00. The Morgan fingerprint density at radius 1 is 1.29 bits per heavy atom. The molecule has 0 saturated carbocycles. The molecule has 0 aromatic heterocycles. The van der Waals surface area contributed by atoms with Crippen molar-refractivity contribution in [2.75, 3.05) is 26.3 Å². The Hall–Kier alpha value is -0.710. The summed E-state index contributed by atoms with van der Waals surface area (Å²) in [6.07, 6.45) is 0. The fourth-order valence-corrected chi connectivity index (χ4v) is 1.93. The first-order chi connectivity index (χ1) is 6.84. The molecule has 0 aliphatic carbocycles. The Morgan fingerprint density at radius 3 is 2.64 bits per heavy atom. The Kier molecular flexibility index (Phi) is 5.44. The zero-order valence-corrected chi connectivity index (χ0v) is 8.96. The van der Waals surface area contributed by atoms with Gasteiger partial charge in [0.1, 0.15) is 6.79 Å². The Balaban J connectivity index is 2.29. The molecule has 1 atom stereocenters. The lowest BCUT2D eigenvalue weighted by Crippen LogP contribution is -2.07. The number of hydrogen-bond donors (Lipinski definition) is 0. The van der Waals surface area contributed by atoms with Crippen molar-refractivity contribution >= 4 is 10.8 Å². The summed E-state index contributed by atoms with van der Waals surface area (Å²) in [6.45, 7) is 0.710. The van der Waals surface area contributed by atoms with Crippen molar-refractivity contribution in [1.29, 1.82) is 0 Å². The predicted molar refractivity (Wildman–Crippen MR) is 55.5 cm³/mol. The number of methoxy groups -OCH3 is 1. The van der Waals surface area contributed by atoms with Crippen LogP contribution < -0.4 is 0 Å². The minimum Gasteiger partial charge on any atom is -0.359 e. The molecule has 14 heavy (non-hydrogen) atoms. The van der Waals surface area contributed by atoms with Crippen LogP contribution in [0, 0.1) is 0 Å². The van der Waals surface area contributed by atoms with Gasteiger partial charge in [-0.2, -0.15) is 0 Å². The molecule has 0 N–H and O–H groups in total. The average Bonchev–Trinajstić information content (AvgIpc) is 2.25. The van der Waals surface area contributed by atoms with Gasteiger partial charge in [-0.05, 0) is 12.1 Å². The summed E-state index contributed by atoms with van der Waals surface area (Å²) in [5.74, 6) is 0.507. The van der Waals surface area contributed by atoms with Crippen molar-refractivity contribution in [3.05, 3.63) is 30.3 Å². The molecule has 78 valence electrons. The van der Waals surface area contributed by atoms with Crippen LogP contribution in [0.2, 0.25) is 0 Å². The summed E-state index contributed by atoms with van der Waals surface area (Å²) in [6, 6.07) is 9.37. The normalized spacial score (nSPS) is 12.6. The first kappa shape index (κ1) is 11.4. The Bertz CT molecular complexity index is 274. The molecule has 0 saturated heterocycles. The van der Waals surface area contributed by atoms with Gasteiger partial charge in [0.25, 0.3) is 0 Å². The first-order valence-corrected chi connectivity index (χ1v) is 5.66. The molecule has 1 rings (SSSR count). The molecule has 1 aromatic rings. The highest BCUT2D eigenvalue weighted by Gasteiger charge is 2.01. The largest absolute Gasteiger partial charge is 0.359 e. The van der Waals surface area contributed by atoms with Gasteiger partial charge in [0.2, 0.25) is 0 Å². The van der Waals surface area contributed by atoms with Crippen molar-refractivity contribution in [2.45, 2.75) is 4.90 Å². The molecule has 4 heteroatoms.